The van der Waals surface area contributed by atoms with Gasteiger partial charge in [0.25, 0.3) is 0 Å². The summed E-state index contributed by atoms with van der Waals surface area (Å²) in [6, 6.07) is 4.99. The van der Waals surface area contributed by atoms with E-state index in [1.807, 2.05) is 27.7 Å². The van der Waals surface area contributed by atoms with Crippen LogP contribution < -0.4 is 10.1 Å². The smallest absolute Gasteiger partial charge is 0.333 e. The van der Waals surface area contributed by atoms with E-state index >= 15 is 0 Å². The van der Waals surface area contributed by atoms with Gasteiger partial charge in [-0.15, -0.1) is 0 Å². The summed E-state index contributed by atoms with van der Waals surface area (Å²) in [7, 11) is 0. The van der Waals surface area contributed by atoms with Crippen molar-refractivity contribution in [2.75, 3.05) is 18.5 Å². The number of nitrogens with zero attached hydrogens (tertiary/aromatic N) is 1. The van der Waals surface area contributed by atoms with E-state index in [1.165, 1.54) is 0 Å². The molecule has 0 aliphatic heterocycles. The molecule has 6 heteroatoms. The molecule has 0 spiro atoms. The number of rotatable bonds is 8. The third-order valence-electron chi connectivity index (χ3n) is 2.52. The van der Waals surface area contributed by atoms with E-state index in [0.29, 0.717) is 18.9 Å². The molecule has 0 aliphatic carbocycles. The van der Waals surface area contributed by atoms with Crippen LogP contribution in [0.2, 0.25) is 0 Å². The molecular weight excluding hydrogens is 260 g/mol. The number of anilines is 1. The van der Waals surface area contributed by atoms with Crippen LogP contribution >= 0.6 is 0 Å². The van der Waals surface area contributed by atoms with E-state index in [-0.39, 0.29) is 23.6 Å². The Bertz CT molecular complexity index is 449. The van der Waals surface area contributed by atoms with Crippen molar-refractivity contribution in [3.63, 3.8) is 0 Å². The predicted molar refractivity (Wildman–Crippen MR) is 78.4 cm³/mol. The highest BCUT2D eigenvalue weighted by Crippen LogP contribution is 2.35. The fraction of sp³-hybridized carbons (Fsp3) is 0.571. The zero-order valence-electron chi connectivity index (χ0n) is 12.4. The van der Waals surface area contributed by atoms with Crippen molar-refractivity contribution >= 4 is 11.4 Å². The molecule has 1 atom stereocenters. The number of nitro groups is 1. The van der Waals surface area contributed by atoms with E-state index in [2.05, 4.69) is 5.32 Å². The lowest BCUT2D eigenvalue weighted by atomic mass is 10.2. The number of benzene rings is 1. The molecule has 0 heterocycles. The van der Waals surface area contributed by atoms with Crippen LogP contribution in [-0.2, 0) is 4.74 Å². The van der Waals surface area contributed by atoms with Crippen LogP contribution in [-0.4, -0.2) is 30.3 Å². The van der Waals surface area contributed by atoms with Crippen molar-refractivity contribution < 1.29 is 14.4 Å². The lowest BCUT2D eigenvalue weighted by Gasteiger charge is -2.17. The minimum atomic E-state index is -0.423. The van der Waals surface area contributed by atoms with Crippen LogP contribution in [0.5, 0.6) is 5.75 Å². The van der Waals surface area contributed by atoms with Crippen LogP contribution in [0, 0.1) is 10.1 Å². The Labute approximate surface area is 119 Å². The summed E-state index contributed by atoms with van der Waals surface area (Å²) in [5.74, 6) is 0.276. The van der Waals surface area contributed by atoms with Crippen molar-refractivity contribution in [3.8, 4) is 5.75 Å². The van der Waals surface area contributed by atoms with E-state index in [9.17, 15) is 10.1 Å². The monoisotopic (exact) mass is 282 g/mol. The van der Waals surface area contributed by atoms with Gasteiger partial charge in [0.05, 0.1) is 17.6 Å². The molecule has 0 aliphatic rings. The maximum absolute atomic E-state index is 11.3. The second kappa shape index (κ2) is 7.69. The van der Waals surface area contributed by atoms with Gasteiger partial charge >= 0.3 is 5.69 Å². The van der Waals surface area contributed by atoms with E-state index in [4.69, 9.17) is 9.47 Å². The molecule has 0 radical (unpaired) electrons. The Morgan fingerprint density at radius 1 is 1.35 bits per heavy atom. The summed E-state index contributed by atoms with van der Waals surface area (Å²) in [6.07, 6.45) is -0.121. The van der Waals surface area contributed by atoms with Crippen molar-refractivity contribution in [1.82, 2.24) is 0 Å². The molecule has 0 aromatic heterocycles. The Morgan fingerprint density at radius 2 is 2.05 bits per heavy atom. The number of nitrogens with one attached hydrogen (secondary N) is 1. The topological polar surface area (TPSA) is 73.6 Å². The predicted octanol–water partition coefficient (Wildman–Crippen LogP) is 3.22. The minimum Gasteiger partial charge on any atom is -0.484 e. The van der Waals surface area contributed by atoms with Gasteiger partial charge < -0.3 is 14.8 Å². The van der Waals surface area contributed by atoms with Gasteiger partial charge in [-0.3, -0.25) is 10.1 Å². The van der Waals surface area contributed by atoms with E-state index < -0.39 is 4.92 Å². The first-order valence-corrected chi connectivity index (χ1v) is 6.74. The Balaban J connectivity index is 2.97. The van der Waals surface area contributed by atoms with Gasteiger partial charge in [0.1, 0.15) is 5.69 Å². The van der Waals surface area contributed by atoms with Crippen LogP contribution in [0.15, 0.2) is 18.2 Å². The average molecular weight is 282 g/mol. The zero-order valence-corrected chi connectivity index (χ0v) is 12.4. The van der Waals surface area contributed by atoms with Crippen molar-refractivity contribution in [2.45, 2.75) is 39.8 Å². The Hall–Kier alpha value is -1.82. The third-order valence-corrected chi connectivity index (χ3v) is 2.52. The lowest BCUT2D eigenvalue weighted by Crippen LogP contribution is -2.22. The first-order chi connectivity index (χ1) is 9.45. The van der Waals surface area contributed by atoms with Crippen molar-refractivity contribution in [2.24, 2.45) is 0 Å². The summed E-state index contributed by atoms with van der Waals surface area (Å²) >= 11 is 0. The number of para-hydroxylation sites is 1. The molecule has 0 bridgehead atoms. The summed E-state index contributed by atoms with van der Waals surface area (Å²) in [5, 5.41) is 14.4. The highest BCUT2D eigenvalue weighted by Gasteiger charge is 2.22. The summed E-state index contributed by atoms with van der Waals surface area (Å²) in [6.45, 7) is 8.60. The van der Waals surface area contributed by atoms with Crippen molar-refractivity contribution in [1.29, 1.82) is 0 Å². The van der Waals surface area contributed by atoms with Gasteiger partial charge in [0.2, 0.25) is 0 Å². The van der Waals surface area contributed by atoms with Crippen molar-refractivity contribution in [3.05, 3.63) is 28.3 Å². The fourth-order valence-electron chi connectivity index (χ4n) is 1.78. The standard InChI is InChI=1S/C14H22N2O4/c1-5-19-9-11(4)15-12-7-6-8-13(20-10(2)3)14(12)16(17)18/h6-8,10-11,15H,5,9H2,1-4H3. The molecule has 20 heavy (non-hydrogen) atoms. The second-order valence-corrected chi connectivity index (χ2v) is 4.78. The molecule has 0 amide bonds. The molecular formula is C14H22N2O4. The number of hydrogen-bond acceptors (Lipinski definition) is 5. The second-order valence-electron chi connectivity index (χ2n) is 4.78. The Kier molecular flexibility index (Phi) is 6.24. The quantitative estimate of drug-likeness (QED) is 0.585. The van der Waals surface area contributed by atoms with Gasteiger partial charge in [0.15, 0.2) is 5.75 Å². The molecule has 6 nitrogen and oxygen atoms in total. The highest BCUT2D eigenvalue weighted by molar-refractivity contribution is 5.68. The fourth-order valence-corrected chi connectivity index (χ4v) is 1.78. The van der Waals surface area contributed by atoms with E-state index in [0.717, 1.165) is 0 Å². The third kappa shape index (κ3) is 4.70. The van der Waals surface area contributed by atoms with Gasteiger partial charge in [-0.1, -0.05) is 6.07 Å². The van der Waals surface area contributed by atoms with Gasteiger partial charge in [-0.25, -0.2) is 0 Å². The van der Waals surface area contributed by atoms with Crippen LogP contribution in [0.3, 0.4) is 0 Å². The average Bonchev–Trinajstić information content (AvgIpc) is 2.35. The summed E-state index contributed by atoms with van der Waals surface area (Å²) in [4.78, 5) is 10.9. The lowest BCUT2D eigenvalue weighted by molar-refractivity contribution is -0.385. The zero-order chi connectivity index (χ0) is 15.1. The van der Waals surface area contributed by atoms with Crippen LogP contribution in [0.1, 0.15) is 27.7 Å². The summed E-state index contributed by atoms with van der Waals surface area (Å²) < 4.78 is 10.8. The molecule has 1 N–H and O–H groups in total. The molecule has 1 unspecified atom stereocenters. The van der Waals surface area contributed by atoms with Gasteiger partial charge in [-0.05, 0) is 39.8 Å². The summed E-state index contributed by atoms with van der Waals surface area (Å²) in [5.41, 5.74) is 0.407. The molecule has 0 fully saturated rings. The minimum absolute atomic E-state index is 0.0250. The normalized spacial score (nSPS) is 12.2. The maximum Gasteiger partial charge on any atom is 0.333 e. The number of nitro benzene ring substituents is 1. The number of ether oxygens (including phenoxy) is 2. The highest BCUT2D eigenvalue weighted by atomic mass is 16.6. The molecule has 1 aromatic carbocycles. The van der Waals surface area contributed by atoms with Crippen LogP contribution in [0.25, 0.3) is 0 Å². The largest absolute Gasteiger partial charge is 0.484 e. The molecule has 1 rings (SSSR count). The Morgan fingerprint density at radius 3 is 2.60 bits per heavy atom. The van der Waals surface area contributed by atoms with Gasteiger partial charge in [0, 0.05) is 12.6 Å². The molecule has 112 valence electrons. The number of hydrogen-bond donors (Lipinski definition) is 1. The molecule has 0 saturated heterocycles. The molecule has 0 saturated carbocycles. The van der Waals surface area contributed by atoms with Crippen LogP contribution in [0.4, 0.5) is 11.4 Å². The molecule has 1 aromatic rings. The first-order valence-electron chi connectivity index (χ1n) is 6.74. The maximum atomic E-state index is 11.3. The SMILES string of the molecule is CCOCC(C)Nc1cccc(OC(C)C)c1[N+](=O)[O-]. The van der Waals surface area contributed by atoms with E-state index in [1.54, 1.807) is 18.2 Å². The van der Waals surface area contributed by atoms with Gasteiger partial charge in [-0.2, -0.15) is 0 Å². The first kappa shape index (κ1) is 16.2.